The molecule has 34 heavy (non-hydrogen) atoms. The summed E-state index contributed by atoms with van der Waals surface area (Å²) in [5.41, 5.74) is 5.25. The summed E-state index contributed by atoms with van der Waals surface area (Å²) in [6.45, 7) is 2.55. The molecule has 0 aliphatic heterocycles. The molecule has 1 N–H and O–H groups in total. The van der Waals surface area contributed by atoms with Gasteiger partial charge in [0.15, 0.2) is 11.0 Å². The Balaban J connectivity index is 1.51. The zero-order valence-electron chi connectivity index (χ0n) is 18.4. The van der Waals surface area contributed by atoms with Gasteiger partial charge in [0.05, 0.1) is 18.6 Å². The van der Waals surface area contributed by atoms with Crippen LogP contribution >= 0.6 is 27.7 Å². The van der Waals surface area contributed by atoms with Crippen molar-refractivity contribution in [2.45, 2.75) is 12.1 Å². The molecule has 172 valence electrons. The smallest absolute Gasteiger partial charge is 0.250 e. The number of ether oxygens (including phenoxy) is 1. The second kappa shape index (κ2) is 11.6. The maximum absolute atomic E-state index is 12.4. The van der Waals surface area contributed by atoms with Crippen LogP contribution < -0.4 is 10.2 Å². The second-order valence-corrected chi connectivity index (χ2v) is 8.93. The lowest BCUT2D eigenvalue weighted by atomic mass is 10.2. The van der Waals surface area contributed by atoms with Gasteiger partial charge >= 0.3 is 0 Å². The normalized spacial score (nSPS) is 11.0. The molecule has 4 aromatic rings. The van der Waals surface area contributed by atoms with E-state index in [0.29, 0.717) is 17.6 Å². The molecule has 1 heterocycles. The molecule has 0 fully saturated rings. The van der Waals surface area contributed by atoms with Crippen LogP contribution in [0.5, 0.6) is 5.75 Å². The van der Waals surface area contributed by atoms with E-state index in [9.17, 15) is 4.79 Å². The quantitative estimate of drug-likeness (QED) is 0.178. The Labute approximate surface area is 210 Å². The van der Waals surface area contributed by atoms with E-state index in [0.717, 1.165) is 27.0 Å². The fourth-order valence-electron chi connectivity index (χ4n) is 3.16. The summed E-state index contributed by atoms with van der Waals surface area (Å²) in [5.74, 6) is 1.39. The van der Waals surface area contributed by atoms with Crippen molar-refractivity contribution in [1.82, 2.24) is 20.2 Å². The van der Waals surface area contributed by atoms with Crippen molar-refractivity contribution in [2.75, 3.05) is 12.4 Å². The average molecular weight is 536 g/mol. The van der Waals surface area contributed by atoms with Gasteiger partial charge in [0, 0.05) is 15.7 Å². The van der Waals surface area contributed by atoms with E-state index >= 15 is 0 Å². The molecule has 0 unspecified atom stereocenters. The topological polar surface area (TPSA) is 81.4 Å². The van der Waals surface area contributed by atoms with E-state index in [2.05, 4.69) is 36.7 Å². The van der Waals surface area contributed by atoms with Crippen LogP contribution in [-0.2, 0) is 4.79 Å². The van der Waals surface area contributed by atoms with Crippen molar-refractivity contribution >= 4 is 39.8 Å². The molecule has 0 saturated heterocycles. The molecular weight excluding hydrogens is 514 g/mol. The van der Waals surface area contributed by atoms with Gasteiger partial charge < -0.3 is 4.74 Å². The highest BCUT2D eigenvalue weighted by Gasteiger charge is 2.17. The number of nitrogens with zero attached hydrogens (tertiary/aromatic N) is 4. The van der Waals surface area contributed by atoms with Crippen LogP contribution in [0.25, 0.3) is 17.1 Å². The zero-order chi connectivity index (χ0) is 23.8. The van der Waals surface area contributed by atoms with Crippen molar-refractivity contribution in [3.8, 4) is 22.8 Å². The number of nitrogens with one attached hydrogen (secondary N) is 1. The number of carbonyl (C=O) groups is 1. The first kappa shape index (κ1) is 23.7. The third-order valence-electron chi connectivity index (χ3n) is 4.66. The highest BCUT2D eigenvalue weighted by molar-refractivity contribution is 9.10. The van der Waals surface area contributed by atoms with Crippen molar-refractivity contribution in [2.24, 2.45) is 5.10 Å². The Bertz CT molecular complexity index is 1280. The molecule has 9 heteroatoms. The van der Waals surface area contributed by atoms with Gasteiger partial charge in [-0.1, -0.05) is 70.2 Å². The fourth-order valence-corrected chi connectivity index (χ4v) is 4.32. The largest absolute Gasteiger partial charge is 0.494 e. The van der Waals surface area contributed by atoms with Gasteiger partial charge in [-0.05, 0) is 48.9 Å². The summed E-state index contributed by atoms with van der Waals surface area (Å²) >= 11 is 4.71. The summed E-state index contributed by atoms with van der Waals surface area (Å²) in [6.07, 6.45) is 1.60. The van der Waals surface area contributed by atoms with Crippen molar-refractivity contribution in [3.05, 3.63) is 88.9 Å². The molecule has 0 bridgehead atoms. The minimum Gasteiger partial charge on any atom is -0.494 e. The molecule has 1 aromatic heterocycles. The molecule has 0 aliphatic rings. The Hall–Kier alpha value is -3.43. The summed E-state index contributed by atoms with van der Waals surface area (Å²) in [4.78, 5) is 12.4. The van der Waals surface area contributed by atoms with Gasteiger partial charge in [0.1, 0.15) is 5.75 Å². The van der Waals surface area contributed by atoms with Crippen molar-refractivity contribution in [3.63, 3.8) is 0 Å². The lowest BCUT2D eigenvalue weighted by Gasteiger charge is -2.11. The van der Waals surface area contributed by atoms with E-state index in [1.54, 1.807) is 6.21 Å². The van der Waals surface area contributed by atoms with Crippen LogP contribution in [0, 0.1) is 0 Å². The van der Waals surface area contributed by atoms with E-state index in [1.807, 2.05) is 90.4 Å². The maximum Gasteiger partial charge on any atom is 0.250 e. The molecule has 0 atom stereocenters. The Morgan fingerprint density at radius 2 is 1.88 bits per heavy atom. The van der Waals surface area contributed by atoms with Gasteiger partial charge in [0.2, 0.25) is 0 Å². The number of hydrogen-bond acceptors (Lipinski definition) is 6. The molecule has 0 aliphatic carbocycles. The van der Waals surface area contributed by atoms with Crippen LogP contribution in [-0.4, -0.2) is 39.2 Å². The van der Waals surface area contributed by atoms with Gasteiger partial charge in [-0.3, -0.25) is 9.36 Å². The molecule has 7 nitrogen and oxygen atoms in total. The van der Waals surface area contributed by atoms with E-state index in [4.69, 9.17) is 4.74 Å². The Morgan fingerprint density at radius 1 is 1.09 bits per heavy atom. The van der Waals surface area contributed by atoms with E-state index in [-0.39, 0.29) is 11.7 Å². The summed E-state index contributed by atoms with van der Waals surface area (Å²) < 4.78 is 8.45. The minimum atomic E-state index is -0.237. The fraction of sp³-hybridized carbons (Fsp3) is 0.120. The lowest BCUT2D eigenvalue weighted by molar-refractivity contribution is -0.118. The third-order valence-corrected chi connectivity index (χ3v) is 6.08. The SMILES string of the molecule is CCOc1ccc(-n2c(SCC(=O)N/N=C\c3cccc(Br)c3)nnc2-c2ccccc2)cc1. The summed E-state index contributed by atoms with van der Waals surface area (Å²) in [5, 5.41) is 13.4. The van der Waals surface area contributed by atoms with Gasteiger partial charge in [-0.15, -0.1) is 10.2 Å². The molecule has 0 saturated carbocycles. The van der Waals surface area contributed by atoms with Crippen LogP contribution in [0.1, 0.15) is 12.5 Å². The maximum atomic E-state index is 12.4. The monoisotopic (exact) mass is 535 g/mol. The summed E-state index contributed by atoms with van der Waals surface area (Å²) in [7, 11) is 0. The molecule has 1 amide bonds. The van der Waals surface area contributed by atoms with Crippen molar-refractivity contribution in [1.29, 1.82) is 0 Å². The highest BCUT2D eigenvalue weighted by atomic mass is 79.9. The van der Waals surface area contributed by atoms with Crippen LogP contribution in [0.3, 0.4) is 0 Å². The number of rotatable bonds is 9. The number of benzene rings is 3. The number of thioether (sulfide) groups is 1. The van der Waals surface area contributed by atoms with Crippen LogP contribution in [0.2, 0.25) is 0 Å². The van der Waals surface area contributed by atoms with Crippen molar-refractivity contribution < 1.29 is 9.53 Å². The predicted molar refractivity (Wildman–Crippen MR) is 139 cm³/mol. The van der Waals surface area contributed by atoms with Gasteiger partial charge in [-0.25, -0.2) is 5.43 Å². The molecular formula is C25H22BrN5O2S. The number of hydrazone groups is 1. The minimum absolute atomic E-state index is 0.139. The van der Waals surface area contributed by atoms with E-state index in [1.165, 1.54) is 11.8 Å². The molecule has 3 aromatic carbocycles. The number of aromatic nitrogens is 3. The Kier molecular flexibility index (Phi) is 8.11. The lowest BCUT2D eigenvalue weighted by Crippen LogP contribution is -2.20. The standard InChI is InChI=1S/C25H22BrN5O2S/c1-2-33-22-13-11-21(12-14-22)31-24(19-8-4-3-5-9-19)29-30-25(31)34-17-23(32)28-27-16-18-7-6-10-20(26)15-18/h3-16H,2,17H2,1H3,(H,28,32)/b27-16-. The number of hydrogen-bond donors (Lipinski definition) is 1. The number of amides is 1. The van der Waals surface area contributed by atoms with E-state index < -0.39 is 0 Å². The molecule has 0 spiro atoms. The first-order valence-electron chi connectivity index (χ1n) is 10.6. The van der Waals surface area contributed by atoms with Gasteiger partial charge in [0.25, 0.3) is 5.91 Å². The molecule has 4 rings (SSSR count). The molecule has 0 radical (unpaired) electrons. The number of halogens is 1. The Morgan fingerprint density at radius 3 is 2.62 bits per heavy atom. The summed E-state index contributed by atoms with van der Waals surface area (Å²) in [6, 6.07) is 25.2. The second-order valence-electron chi connectivity index (χ2n) is 7.07. The third kappa shape index (κ3) is 6.12. The van der Waals surface area contributed by atoms with Crippen LogP contribution in [0.15, 0.2) is 93.6 Å². The average Bonchev–Trinajstić information content (AvgIpc) is 3.28. The highest BCUT2D eigenvalue weighted by Crippen LogP contribution is 2.28. The number of carbonyl (C=O) groups excluding carboxylic acids is 1. The first-order chi connectivity index (χ1) is 16.6. The zero-order valence-corrected chi connectivity index (χ0v) is 20.8. The van der Waals surface area contributed by atoms with Crippen LogP contribution in [0.4, 0.5) is 0 Å². The van der Waals surface area contributed by atoms with Gasteiger partial charge in [-0.2, -0.15) is 5.10 Å². The first-order valence-corrected chi connectivity index (χ1v) is 12.4. The predicted octanol–water partition coefficient (Wildman–Crippen LogP) is 5.34.